The van der Waals surface area contributed by atoms with E-state index < -0.39 is 0 Å². The minimum absolute atomic E-state index is 0.600. The third-order valence-corrected chi connectivity index (χ3v) is 4.65. The lowest BCUT2D eigenvalue weighted by Gasteiger charge is -2.21. The van der Waals surface area contributed by atoms with Crippen molar-refractivity contribution in [1.82, 2.24) is 10.2 Å². The Morgan fingerprint density at radius 3 is 2.68 bits per heavy atom. The lowest BCUT2D eigenvalue weighted by Crippen LogP contribution is -2.34. The third-order valence-electron chi connectivity index (χ3n) is 4.65. The first kappa shape index (κ1) is 13.1. The zero-order valence-corrected chi connectivity index (χ0v) is 11.9. The van der Waals surface area contributed by atoms with Gasteiger partial charge in [-0.2, -0.15) is 0 Å². The molecule has 2 aliphatic rings. The van der Waals surface area contributed by atoms with Gasteiger partial charge in [0.1, 0.15) is 0 Å². The molecule has 0 amide bonds. The summed E-state index contributed by atoms with van der Waals surface area (Å²) in [4.78, 5) is 2.64. The van der Waals surface area contributed by atoms with E-state index in [1.807, 2.05) is 0 Å². The molecule has 1 unspecified atom stereocenters. The molecule has 0 radical (unpaired) electrons. The molecule has 1 fully saturated rings. The summed E-state index contributed by atoms with van der Waals surface area (Å²) in [7, 11) is 0. The van der Waals surface area contributed by atoms with Gasteiger partial charge in [-0.25, -0.2) is 0 Å². The van der Waals surface area contributed by atoms with Gasteiger partial charge in [0.05, 0.1) is 0 Å². The van der Waals surface area contributed by atoms with Crippen molar-refractivity contribution in [2.24, 2.45) is 0 Å². The molecule has 0 saturated carbocycles. The first-order chi connectivity index (χ1) is 9.43. The second-order valence-corrected chi connectivity index (χ2v) is 6.00. The van der Waals surface area contributed by atoms with Crippen molar-refractivity contribution in [3.63, 3.8) is 0 Å². The van der Waals surface area contributed by atoms with Crippen LogP contribution in [0.5, 0.6) is 0 Å². The van der Waals surface area contributed by atoms with Crippen molar-refractivity contribution in [1.29, 1.82) is 0 Å². The second kappa shape index (κ2) is 6.53. The Bertz CT molecular complexity index is 394. The lowest BCUT2D eigenvalue weighted by atomic mass is 10.1. The van der Waals surface area contributed by atoms with E-state index in [4.69, 9.17) is 0 Å². The predicted molar refractivity (Wildman–Crippen MR) is 80.4 cm³/mol. The maximum absolute atomic E-state index is 3.76. The standard InChI is InChI=1S/C17H26N2/c1-2-6-13-19(12-5-1)14-11-18-17-10-9-15-7-3-4-8-16(15)17/h3-4,7-8,17-18H,1-2,5-6,9-14H2. The number of rotatable bonds is 4. The summed E-state index contributed by atoms with van der Waals surface area (Å²) in [6.07, 6.45) is 8.18. The maximum Gasteiger partial charge on any atom is 0.0326 e. The van der Waals surface area contributed by atoms with Crippen molar-refractivity contribution in [3.05, 3.63) is 35.4 Å². The summed E-state index contributed by atoms with van der Waals surface area (Å²) in [5, 5.41) is 3.76. The van der Waals surface area contributed by atoms with Crippen molar-refractivity contribution in [2.45, 2.75) is 44.6 Å². The molecule has 3 rings (SSSR count). The molecule has 1 atom stereocenters. The Kier molecular flexibility index (Phi) is 4.52. The van der Waals surface area contributed by atoms with Crippen molar-refractivity contribution in [2.75, 3.05) is 26.2 Å². The molecule has 19 heavy (non-hydrogen) atoms. The average molecular weight is 258 g/mol. The van der Waals surface area contributed by atoms with Gasteiger partial charge in [-0.15, -0.1) is 0 Å². The molecule has 1 saturated heterocycles. The summed E-state index contributed by atoms with van der Waals surface area (Å²) < 4.78 is 0. The lowest BCUT2D eigenvalue weighted by molar-refractivity contribution is 0.279. The predicted octanol–water partition coefficient (Wildman–Crippen LogP) is 3.14. The highest BCUT2D eigenvalue weighted by molar-refractivity contribution is 5.34. The first-order valence-corrected chi connectivity index (χ1v) is 7.97. The molecule has 2 heteroatoms. The zero-order chi connectivity index (χ0) is 12.9. The summed E-state index contributed by atoms with van der Waals surface area (Å²) in [6.45, 7) is 4.98. The van der Waals surface area contributed by atoms with Crippen LogP contribution >= 0.6 is 0 Å². The molecule has 0 bridgehead atoms. The van der Waals surface area contributed by atoms with Gasteiger partial charge in [0, 0.05) is 19.1 Å². The molecule has 1 N–H and O–H groups in total. The maximum atomic E-state index is 3.76. The smallest absolute Gasteiger partial charge is 0.0326 e. The van der Waals surface area contributed by atoms with Gasteiger partial charge < -0.3 is 10.2 Å². The van der Waals surface area contributed by atoms with Gasteiger partial charge in [-0.1, -0.05) is 37.1 Å². The van der Waals surface area contributed by atoms with E-state index in [-0.39, 0.29) is 0 Å². The van der Waals surface area contributed by atoms with Crippen molar-refractivity contribution < 1.29 is 0 Å². The second-order valence-electron chi connectivity index (χ2n) is 6.00. The van der Waals surface area contributed by atoms with Gasteiger partial charge in [-0.05, 0) is 49.9 Å². The van der Waals surface area contributed by atoms with E-state index in [2.05, 4.69) is 34.5 Å². The number of fused-ring (bicyclic) bond motifs is 1. The van der Waals surface area contributed by atoms with E-state index in [0.717, 1.165) is 6.54 Å². The van der Waals surface area contributed by atoms with E-state index in [1.165, 1.54) is 58.2 Å². The average Bonchev–Trinajstić information content (AvgIpc) is 2.68. The van der Waals surface area contributed by atoms with Crippen LogP contribution in [0.2, 0.25) is 0 Å². The fraction of sp³-hybridized carbons (Fsp3) is 0.647. The van der Waals surface area contributed by atoms with E-state index in [0.29, 0.717) is 6.04 Å². The van der Waals surface area contributed by atoms with Crippen LogP contribution in [0.25, 0.3) is 0 Å². The highest BCUT2D eigenvalue weighted by atomic mass is 15.1. The number of hydrogen-bond donors (Lipinski definition) is 1. The molecule has 1 aromatic rings. The van der Waals surface area contributed by atoms with Crippen LogP contribution in [0.15, 0.2) is 24.3 Å². The highest BCUT2D eigenvalue weighted by Gasteiger charge is 2.21. The summed E-state index contributed by atoms with van der Waals surface area (Å²) in [5.41, 5.74) is 3.09. The molecule has 0 spiro atoms. The van der Waals surface area contributed by atoms with Gasteiger partial charge in [-0.3, -0.25) is 0 Å². The number of aryl methyl sites for hydroxylation is 1. The molecule has 104 valence electrons. The third kappa shape index (κ3) is 3.37. The minimum Gasteiger partial charge on any atom is -0.309 e. The van der Waals surface area contributed by atoms with Crippen LogP contribution in [0, 0.1) is 0 Å². The van der Waals surface area contributed by atoms with Crippen LogP contribution in [0.4, 0.5) is 0 Å². The molecule has 1 aliphatic heterocycles. The molecule has 2 nitrogen and oxygen atoms in total. The fourth-order valence-electron chi connectivity index (χ4n) is 3.53. The molecule has 1 aliphatic carbocycles. The SMILES string of the molecule is c1ccc2c(c1)CCC2NCCN1CCCCCC1. The molecular formula is C17H26N2. The number of hydrogen-bond acceptors (Lipinski definition) is 2. The molecule has 1 heterocycles. The number of nitrogens with zero attached hydrogens (tertiary/aromatic N) is 1. The van der Waals surface area contributed by atoms with Gasteiger partial charge in [0.15, 0.2) is 0 Å². The van der Waals surface area contributed by atoms with E-state index in [9.17, 15) is 0 Å². The molecule has 1 aromatic carbocycles. The summed E-state index contributed by atoms with van der Waals surface area (Å²) >= 11 is 0. The van der Waals surface area contributed by atoms with Gasteiger partial charge in [0.25, 0.3) is 0 Å². The first-order valence-electron chi connectivity index (χ1n) is 7.97. The van der Waals surface area contributed by atoms with E-state index in [1.54, 1.807) is 11.1 Å². The molecule has 0 aromatic heterocycles. The van der Waals surface area contributed by atoms with Gasteiger partial charge >= 0.3 is 0 Å². The summed E-state index contributed by atoms with van der Waals surface area (Å²) in [6, 6.07) is 9.52. The topological polar surface area (TPSA) is 15.3 Å². The Balaban J connectivity index is 1.45. The summed E-state index contributed by atoms with van der Waals surface area (Å²) in [5.74, 6) is 0. The number of benzene rings is 1. The Labute approximate surface area is 117 Å². The fourth-order valence-corrected chi connectivity index (χ4v) is 3.53. The Hall–Kier alpha value is -0.860. The Morgan fingerprint density at radius 2 is 1.84 bits per heavy atom. The number of nitrogens with one attached hydrogen (secondary N) is 1. The van der Waals surface area contributed by atoms with Crippen LogP contribution in [-0.4, -0.2) is 31.1 Å². The normalized spacial score (nSPS) is 24.1. The Morgan fingerprint density at radius 1 is 1.05 bits per heavy atom. The quantitative estimate of drug-likeness (QED) is 0.892. The highest BCUT2D eigenvalue weighted by Crippen LogP contribution is 2.30. The van der Waals surface area contributed by atoms with Crippen LogP contribution in [0.1, 0.15) is 49.3 Å². The van der Waals surface area contributed by atoms with Gasteiger partial charge in [0.2, 0.25) is 0 Å². The van der Waals surface area contributed by atoms with Crippen molar-refractivity contribution in [3.8, 4) is 0 Å². The van der Waals surface area contributed by atoms with Crippen molar-refractivity contribution >= 4 is 0 Å². The zero-order valence-electron chi connectivity index (χ0n) is 11.9. The molecular weight excluding hydrogens is 232 g/mol. The number of likely N-dealkylation sites (tertiary alicyclic amines) is 1. The monoisotopic (exact) mass is 258 g/mol. The van der Waals surface area contributed by atoms with Crippen LogP contribution in [0.3, 0.4) is 0 Å². The van der Waals surface area contributed by atoms with Crippen LogP contribution in [-0.2, 0) is 6.42 Å². The van der Waals surface area contributed by atoms with Crippen LogP contribution < -0.4 is 5.32 Å². The largest absolute Gasteiger partial charge is 0.309 e. The van der Waals surface area contributed by atoms with E-state index >= 15 is 0 Å². The minimum atomic E-state index is 0.600.